The molecule has 2 amide bonds. The van der Waals surface area contributed by atoms with Crippen LogP contribution in [-0.4, -0.2) is 47.2 Å². The van der Waals surface area contributed by atoms with Gasteiger partial charge in [-0.15, -0.1) is 0 Å². The van der Waals surface area contributed by atoms with Crippen molar-refractivity contribution >= 4 is 12.0 Å². The fraction of sp³-hybridized carbons (Fsp3) is 0.529. The number of hydrogen-bond donors (Lipinski definition) is 3. The number of nitrogens with one attached hydrogen (secondary N) is 2. The number of carboxylic acid groups (broad SMARTS) is 1. The lowest BCUT2D eigenvalue weighted by molar-refractivity contribution is 0.0697. The van der Waals surface area contributed by atoms with Crippen molar-refractivity contribution in [3.8, 4) is 0 Å². The van der Waals surface area contributed by atoms with Crippen LogP contribution < -0.4 is 10.6 Å². The summed E-state index contributed by atoms with van der Waals surface area (Å²) in [6, 6.07) is 7.10. The molecule has 0 aliphatic carbocycles. The molecule has 0 aliphatic rings. The number of carbonyl (C=O) groups is 2. The first kappa shape index (κ1) is 19.0. The van der Waals surface area contributed by atoms with E-state index < -0.39 is 5.97 Å². The Hall–Kier alpha value is -2.08. The van der Waals surface area contributed by atoms with Crippen molar-refractivity contribution in [2.24, 2.45) is 0 Å². The molecule has 1 aromatic rings. The number of carbonyl (C=O) groups excluding carboxylic acids is 1. The third kappa shape index (κ3) is 6.69. The molecule has 1 aromatic carbocycles. The number of benzene rings is 1. The van der Waals surface area contributed by atoms with Gasteiger partial charge in [-0.3, -0.25) is 4.90 Å². The van der Waals surface area contributed by atoms with Crippen molar-refractivity contribution in [2.75, 3.05) is 13.1 Å². The van der Waals surface area contributed by atoms with E-state index in [0.717, 1.165) is 12.1 Å². The largest absolute Gasteiger partial charge is 0.478 e. The normalized spacial score (nSPS) is 11.1. The molecule has 6 nitrogen and oxygen atoms in total. The minimum absolute atomic E-state index is 0.222. The predicted molar refractivity (Wildman–Crippen MR) is 90.6 cm³/mol. The maximum atomic E-state index is 11.8. The number of urea groups is 1. The topological polar surface area (TPSA) is 81.7 Å². The molecule has 0 heterocycles. The van der Waals surface area contributed by atoms with Gasteiger partial charge in [-0.1, -0.05) is 12.1 Å². The molecule has 0 saturated heterocycles. The number of amides is 2. The summed E-state index contributed by atoms with van der Waals surface area (Å²) in [6.07, 6.45) is 0. The van der Waals surface area contributed by atoms with Gasteiger partial charge in [0.2, 0.25) is 0 Å². The lowest BCUT2D eigenvalue weighted by atomic mass is 10.1. The smallest absolute Gasteiger partial charge is 0.335 e. The van der Waals surface area contributed by atoms with Crippen LogP contribution in [0.5, 0.6) is 0 Å². The van der Waals surface area contributed by atoms with Crippen molar-refractivity contribution in [1.82, 2.24) is 15.5 Å². The lowest BCUT2D eigenvalue weighted by Crippen LogP contribution is -2.44. The SMILES string of the molecule is CC(C)N(CCNC(=O)NCc1ccc(C(=O)O)cc1)C(C)C. The zero-order valence-electron chi connectivity index (χ0n) is 14.3. The Bertz CT molecular complexity index is 504. The molecule has 3 N–H and O–H groups in total. The van der Waals surface area contributed by atoms with Crippen LogP contribution in [-0.2, 0) is 6.54 Å². The lowest BCUT2D eigenvalue weighted by Gasteiger charge is -2.30. The number of aromatic carboxylic acids is 1. The van der Waals surface area contributed by atoms with Gasteiger partial charge >= 0.3 is 12.0 Å². The Morgan fingerprint density at radius 3 is 2.09 bits per heavy atom. The summed E-state index contributed by atoms with van der Waals surface area (Å²) in [5.41, 5.74) is 1.09. The summed E-state index contributed by atoms with van der Waals surface area (Å²) < 4.78 is 0. The molecule has 0 bridgehead atoms. The number of carboxylic acids is 1. The van der Waals surface area contributed by atoms with Crippen molar-refractivity contribution in [3.05, 3.63) is 35.4 Å². The van der Waals surface area contributed by atoms with E-state index in [1.54, 1.807) is 12.1 Å². The molecule has 0 aliphatic heterocycles. The Labute approximate surface area is 137 Å². The second kappa shape index (κ2) is 9.15. The van der Waals surface area contributed by atoms with Gasteiger partial charge in [-0.05, 0) is 45.4 Å². The molecular formula is C17H27N3O3. The van der Waals surface area contributed by atoms with E-state index in [0.29, 0.717) is 25.2 Å². The first-order valence-electron chi connectivity index (χ1n) is 7.91. The molecule has 0 saturated carbocycles. The van der Waals surface area contributed by atoms with E-state index >= 15 is 0 Å². The van der Waals surface area contributed by atoms with E-state index in [4.69, 9.17) is 5.11 Å². The van der Waals surface area contributed by atoms with Crippen molar-refractivity contribution in [2.45, 2.75) is 46.3 Å². The second-order valence-electron chi connectivity index (χ2n) is 6.04. The number of rotatable bonds is 8. The molecule has 0 aromatic heterocycles. The van der Waals surface area contributed by atoms with Crippen LogP contribution in [0.15, 0.2) is 24.3 Å². The van der Waals surface area contributed by atoms with Gasteiger partial charge in [-0.25, -0.2) is 9.59 Å². The van der Waals surface area contributed by atoms with E-state index in [2.05, 4.69) is 43.2 Å². The fourth-order valence-electron chi connectivity index (χ4n) is 2.42. The Morgan fingerprint density at radius 1 is 1.04 bits per heavy atom. The van der Waals surface area contributed by atoms with Crippen LogP contribution in [0.1, 0.15) is 43.6 Å². The van der Waals surface area contributed by atoms with Crippen LogP contribution in [0.4, 0.5) is 4.79 Å². The van der Waals surface area contributed by atoms with Gasteiger partial charge in [0.1, 0.15) is 0 Å². The van der Waals surface area contributed by atoms with Gasteiger partial charge in [0.05, 0.1) is 5.56 Å². The fourth-order valence-corrected chi connectivity index (χ4v) is 2.42. The average molecular weight is 321 g/mol. The number of nitrogens with zero attached hydrogens (tertiary/aromatic N) is 1. The molecule has 1 rings (SSSR count). The van der Waals surface area contributed by atoms with E-state index in [1.165, 1.54) is 12.1 Å². The highest BCUT2D eigenvalue weighted by atomic mass is 16.4. The van der Waals surface area contributed by atoms with E-state index in [1.807, 2.05) is 0 Å². The molecule has 0 unspecified atom stereocenters. The van der Waals surface area contributed by atoms with Gasteiger partial charge in [-0.2, -0.15) is 0 Å². The second-order valence-corrected chi connectivity index (χ2v) is 6.04. The van der Waals surface area contributed by atoms with Gasteiger partial charge in [0.25, 0.3) is 0 Å². The Morgan fingerprint density at radius 2 is 1.61 bits per heavy atom. The Kier molecular flexibility index (Phi) is 7.54. The molecule has 0 atom stereocenters. The minimum Gasteiger partial charge on any atom is -0.478 e. The first-order chi connectivity index (χ1) is 10.8. The zero-order valence-corrected chi connectivity index (χ0v) is 14.3. The van der Waals surface area contributed by atoms with Gasteiger partial charge in [0.15, 0.2) is 0 Å². The highest BCUT2D eigenvalue weighted by Gasteiger charge is 2.12. The predicted octanol–water partition coefficient (Wildman–Crippen LogP) is 2.30. The summed E-state index contributed by atoms with van der Waals surface area (Å²) in [6.45, 7) is 10.3. The van der Waals surface area contributed by atoms with Crippen LogP contribution in [0.2, 0.25) is 0 Å². The highest BCUT2D eigenvalue weighted by molar-refractivity contribution is 5.87. The third-order valence-corrected chi connectivity index (χ3v) is 3.64. The zero-order chi connectivity index (χ0) is 17.4. The molecular weight excluding hydrogens is 294 g/mol. The molecule has 128 valence electrons. The summed E-state index contributed by atoms with van der Waals surface area (Å²) in [7, 11) is 0. The first-order valence-corrected chi connectivity index (χ1v) is 7.91. The standard InChI is InChI=1S/C17H27N3O3/c1-12(2)20(13(3)4)10-9-18-17(23)19-11-14-5-7-15(8-6-14)16(21)22/h5-8,12-13H,9-11H2,1-4H3,(H,21,22)(H2,18,19,23). The maximum Gasteiger partial charge on any atom is 0.335 e. The van der Waals surface area contributed by atoms with E-state index in [9.17, 15) is 9.59 Å². The number of hydrogen-bond acceptors (Lipinski definition) is 3. The molecule has 0 spiro atoms. The quantitative estimate of drug-likeness (QED) is 0.686. The van der Waals surface area contributed by atoms with Crippen LogP contribution in [0, 0.1) is 0 Å². The van der Waals surface area contributed by atoms with Crippen molar-refractivity contribution < 1.29 is 14.7 Å². The van der Waals surface area contributed by atoms with Crippen LogP contribution in [0.3, 0.4) is 0 Å². The van der Waals surface area contributed by atoms with E-state index in [-0.39, 0.29) is 11.6 Å². The van der Waals surface area contributed by atoms with Crippen LogP contribution in [0.25, 0.3) is 0 Å². The van der Waals surface area contributed by atoms with Crippen molar-refractivity contribution in [3.63, 3.8) is 0 Å². The highest BCUT2D eigenvalue weighted by Crippen LogP contribution is 2.04. The molecule has 6 heteroatoms. The van der Waals surface area contributed by atoms with Crippen molar-refractivity contribution in [1.29, 1.82) is 0 Å². The summed E-state index contributed by atoms with van der Waals surface area (Å²) in [5, 5.41) is 14.4. The monoisotopic (exact) mass is 321 g/mol. The van der Waals surface area contributed by atoms with Gasteiger partial charge in [0, 0.05) is 31.7 Å². The maximum absolute atomic E-state index is 11.8. The molecule has 0 radical (unpaired) electrons. The summed E-state index contributed by atoms with van der Waals surface area (Å²) in [4.78, 5) is 24.9. The summed E-state index contributed by atoms with van der Waals surface area (Å²) >= 11 is 0. The molecule has 0 fully saturated rings. The average Bonchev–Trinajstić information content (AvgIpc) is 2.49. The molecule has 23 heavy (non-hydrogen) atoms. The Balaban J connectivity index is 2.33. The summed E-state index contributed by atoms with van der Waals surface area (Å²) in [5.74, 6) is -0.956. The van der Waals surface area contributed by atoms with Gasteiger partial charge < -0.3 is 15.7 Å². The minimum atomic E-state index is -0.956. The third-order valence-electron chi connectivity index (χ3n) is 3.64. The van der Waals surface area contributed by atoms with Crippen LogP contribution >= 0.6 is 0 Å².